The number of esters is 1. The highest BCUT2D eigenvalue weighted by Gasteiger charge is 2.22. The van der Waals surface area contributed by atoms with Gasteiger partial charge in [0.05, 0.1) is 19.3 Å². The first-order valence-electron chi connectivity index (χ1n) is 12.9. The van der Waals surface area contributed by atoms with Gasteiger partial charge in [-0.3, -0.25) is 14.1 Å². The van der Waals surface area contributed by atoms with Crippen LogP contribution in [0.5, 0.6) is 0 Å². The SMILES string of the molecule is CCCCc1cn(-c2c(C(=O)OC)ccn2CC)c(=O)n1Cc1ccc(-c2ccccc2-c2nnn[nH]2)cn1. The van der Waals surface area contributed by atoms with Crippen molar-refractivity contribution in [3.8, 4) is 28.3 Å². The summed E-state index contributed by atoms with van der Waals surface area (Å²) < 4.78 is 10.1. The van der Waals surface area contributed by atoms with Crippen molar-refractivity contribution >= 4 is 5.97 Å². The van der Waals surface area contributed by atoms with E-state index in [4.69, 9.17) is 4.74 Å². The summed E-state index contributed by atoms with van der Waals surface area (Å²) in [5, 5.41) is 14.2. The average molecular weight is 527 g/mol. The van der Waals surface area contributed by atoms with Crippen LogP contribution >= 0.6 is 0 Å². The van der Waals surface area contributed by atoms with Crippen LogP contribution in [0, 0.1) is 0 Å². The number of aryl methyl sites for hydroxylation is 2. The Morgan fingerprint density at radius 3 is 2.56 bits per heavy atom. The average Bonchev–Trinajstić information content (AvgIpc) is 3.72. The van der Waals surface area contributed by atoms with Crippen LogP contribution in [0.15, 0.2) is 65.8 Å². The number of aromatic amines is 1. The van der Waals surface area contributed by atoms with Gasteiger partial charge >= 0.3 is 11.7 Å². The van der Waals surface area contributed by atoms with Gasteiger partial charge in [-0.15, -0.1) is 5.10 Å². The van der Waals surface area contributed by atoms with Crippen LogP contribution in [0.3, 0.4) is 0 Å². The number of carbonyl (C=O) groups is 1. The Morgan fingerprint density at radius 1 is 1.08 bits per heavy atom. The number of nitrogens with zero attached hydrogens (tertiary/aromatic N) is 7. The predicted octanol–water partition coefficient (Wildman–Crippen LogP) is 3.88. The predicted molar refractivity (Wildman–Crippen MR) is 146 cm³/mol. The molecule has 39 heavy (non-hydrogen) atoms. The molecule has 0 spiro atoms. The van der Waals surface area contributed by atoms with Crippen molar-refractivity contribution in [1.82, 2.24) is 39.3 Å². The van der Waals surface area contributed by atoms with E-state index in [2.05, 4.69) is 32.5 Å². The van der Waals surface area contributed by atoms with E-state index in [1.807, 2.05) is 54.1 Å². The van der Waals surface area contributed by atoms with E-state index in [1.165, 1.54) is 7.11 Å². The molecular formula is C28H30N8O3. The van der Waals surface area contributed by atoms with Crippen molar-refractivity contribution in [2.45, 2.75) is 46.2 Å². The Hall–Kier alpha value is -4.80. The number of unbranched alkanes of at least 4 members (excludes halogenated alkanes) is 1. The number of aromatic nitrogens is 8. The molecule has 0 saturated carbocycles. The number of ether oxygens (including phenoxy) is 1. The van der Waals surface area contributed by atoms with E-state index in [-0.39, 0.29) is 5.69 Å². The van der Waals surface area contributed by atoms with Gasteiger partial charge in [-0.1, -0.05) is 43.7 Å². The van der Waals surface area contributed by atoms with E-state index < -0.39 is 5.97 Å². The molecule has 5 rings (SSSR count). The minimum atomic E-state index is -0.481. The van der Waals surface area contributed by atoms with Crippen LogP contribution in [0.4, 0.5) is 0 Å². The lowest BCUT2D eigenvalue weighted by atomic mass is 10.0. The summed E-state index contributed by atoms with van der Waals surface area (Å²) in [5.41, 5.74) is 4.47. The van der Waals surface area contributed by atoms with Gasteiger partial charge in [0.25, 0.3) is 0 Å². The molecule has 11 nitrogen and oxygen atoms in total. The molecule has 1 aromatic carbocycles. The standard InChI is InChI=1S/C28H30N8O3/c1-4-6-9-21-18-36(26-24(27(37)39-3)14-15-34(26)5-2)28(38)35(21)17-20-13-12-19(16-29-20)22-10-7-8-11-23(22)25-30-32-33-31-25/h7-8,10-16,18H,4-6,9,17H2,1-3H3,(H,30,31,32,33). The number of hydrogen-bond acceptors (Lipinski definition) is 7. The first-order valence-corrected chi connectivity index (χ1v) is 12.9. The molecule has 0 aliphatic rings. The van der Waals surface area contributed by atoms with Crippen molar-refractivity contribution in [3.63, 3.8) is 0 Å². The fourth-order valence-electron chi connectivity index (χ4n) is 4.72. The molecule has 11 heteroatoms. The van der Waals surface area contributed by atoms with Crippen molar-refractivity contribution in [2.24, 2.45) is 0 Å². The lowest BCUT2D eigenvalue weighted by Gasteiger charge is -2.10. The second-order valence-corrected chi connectivity index (χ2v) is 9.13. The highest BCUT2D eigenvalue weighted by molar-refractivity contribution is 5.93. The monoisotopic (exact) mass is 526 g/mol. The summed E-state index contributed by atoms with van der Waals surface area (Å²) in [6.45, 7) is 4.99. The van der Waals surface area contributed by atoms with Crippen molar-refractivity contribution in [1.29, 1.82) is 0 Å². The normalized spacial score (nSPS) is 11.2. The number of tetrazole rings is 1. The number of pyridine rings is 1. The molecule has 5 aromatic rings. The van der Waals surface area contributed by atoms with E-state index in [1.54, 1.807) is 27.6 Å². The number of rotatable bonds is 10. The Morgan fingerprint density at radius 2 is 1.90 bits per heavy atom. The lowest BCUT2D eigenvalue weighted by Crippen LogP contribution is -2.27. The van der Waals surface area contributed by atoms with Gasteiger partial charge in [0.2, 0.25) is 0 Å². The molecule has 4 aromatic heterocycles. The molecule has 0 bridgehead atoms. The van der Waals surface area contributed by atoms with Gasteiger partial charge in [0.1, 0.15) is 11.4 Å². The van der Waals surface area contributed by atoms with Crippen LogP contribution in [-0.4, -0.2) is 52.4 Å². The quantitative estimate of drug-likeness (QED) is 0.274. The minimum Gasteiger partial charge on any atom is -0.465 e. The molecule has 0 unspecified atom stereocenters. The van der Waals surface area contributed by atoms with Crippen LogP contribution in [0.2, 0.25) is 0 Å². The van der Waals surface area contributed by atoms with Crippen molar-refractivity contribution in [2.75, 3.05) is 7.11 Å². The Balaban J connectivity index is 1.51. The number of benzene rings is 1. The van der Waals surface area contributed by atoms with E-state index in [9.17, 15) is 9.59 Å². The Bertz CT molecular complexity index is 1630. The smallest absolute Gasteiger partial charge is 0.341 e. The second-order valence-electron chi connectivity index (χ2n) is 9.13. The molecule has 0 atom stereocenters. The van der Waals surface area contributed by atoms with Crippen LogP contribution in [-0.2, 0) is 24.2 Å². The van der Waals surface area contributed by atoms with Crippen LogP contribution in [0.25, 0.3) is 28.3 Å². The maximum atomic E-state index is 13.8. The third-order valence-electron chi connectivity index (χ3n) is 6.74. The van der Waals surface area contributed by atoms with Gasteiger partial charge in [0.15, 0.2) is 5.82 Å². The Labute approximate surface area is 225 Å². The summed E-state index contributed by atoms with van der Waals surface area (Å²) in [4.78, 5) is 30.9. The molecule has 1 N–H and O–H groups in total. The van der Waals surface area contributed by atoms with Crippen LogP contribution in [0.1, 0.15) is 48.4 Å². The lowest BCUT2D eigenvalue weighted by molar-refractivity contribution is 0.0600. The van der Waals surface area contributed by atoms with E-state index >= 15 is 0 Å². The number of hydrogen-bond donors (Lipinski definition) is 1. The number of H-pyrrole nitrogens is 1. The van der Waals surface area contributed by atoms with Crippen molar-refractivity contribution in [3.05, 3.63) is 88.5 Å². The zero-order chi connectivity index (χ0) is 27.4. The van der Waals surface area contributed by atoms with E-state index in [0.717, 1.165) is 47.3 Å². The third kappa shape index (κ3) is 5.02. The topological polar surface area (TPSA) is 126 Å². The third-order valence-corrected chi connectivity index (χ3v) is 6.74. The summed E-state index contributed by atoms with van der Waals surface area (Å²) in [5.74, 6) is 0.601. The number of imidazole rings is 1. The highest BCUT2D eigenvalue weighted by atomic mass is 16.5. The zero-order valence-corrected chi connectivity index (χ0v) is 22.2. The van der Waals surface area contributed by atoms with E-state index in [0.29, 0.717) is 30.3 Å². The molecule has 200 valence electrons. The number of methoxy groups -OCH3 is 1. The fraction of sp³-hybridized carbons (Fsp3) is 0.286. The van der Waals surface area contributed by atoms with Crippen molar-refractivity contribution < 1.29 is 9.53 Å². The Kier molecular flexibility index (Phi) is 7.48. The summed E-state index contributed by atoms with van der Waals surface area (Å²) in [7, 11) is 1.34. The fourth-order valence-corrected chi connectivity index (χ4v) is 4.72. The van der Waals surface area contributed by atoms with Gasteiger partial charge in [0, 0.05) is 42.0 Å². The molecular weight excluding hydrogens is 496 g/mol. The first-order chi connectivity index (χ1) is 19.0. The molecule has 0 aliphatic heterocycles. The highest BCUT2D eigenvalue weighted by Crippen LogP contribution is 2.29. The maximum absolute atomic E-state index is 13.8. The second kappa shape index (κ2) is 11.3. The summed E-state index contributed by atoms with van der Waals surface area (Å²) in [6.07, 6.45) is 8.08. The van der Waals surface area contributed by atoms with Gasteiger partial charge in [-0.2, -0.15) is 0 Å². The maximum Gasteiger partial charge on any atom is 0.341 e. The molecule has 0 saturated heterocycles. The summed E-state index contributed by atoms with van der Waals surface area (Å²) in [6, 6.07) is 13.4. The molecule has 0 fully saturated rings. The molecule has 0 radical (unpaired) electrons. The van der Waals surface area contributed by atoms with Gasteiger partial charge in [-0.25, -0.2) is 14.7 Å². The molecule has 0 aliphatic carbocycles. The summed E-state index contributed by atoms with van der Waals surface area (Å²) >= 11 is 0. The number of nitrogens with one attached hydrogen (secondary N) is 1. The van der Waals surface area contributed by atoms with Gasteiger partial charge in [-0.05, 0) is 47.9 Å². The van der Waals surface area contributed by atoms with Gasteiger partial charge < -0.3 is 9.30 Å². The largest absolute Gasteiger partial charge is 0.465 e. The zero-order valence-electron chi connectivity index (χ0n) is 22.2. The van der Waals surface area contributed by atoms with Crippen LogP contribution < -0.4 is 5.69 Å². The molecule has 4 heterocycles. The minimum absolute atomic E-state index is 0.228. The molecule has 0 amide bonds. The number of carbonyl (C=O) groups excluding carboxylic acids is 1. The first kappa shape index (κ1) is 25.8.